The Morgan fingerprint density at radius 3 is 3.00 bits per heavy atom. The predicted octanol–water partition coefficient (Wildman–Crippen LogP) is 2.28. The molecule has 0 amide bonds. The van der Waals surface area contributed by atoms with Crippen LogP contribution >= 0.6 is 15.9 Å². The third-order valence-electron chi connectivity index (χ3n) is 1.49. The van der Waals surface area contributed by atoms with E-state index >= 15 is 0 Å². The Hall–Kier alpha value is -0.500. The highest BCUT2D eigenvalue weighted by atomic mass is 79.9. The number of halogens is 1. The van der Waals surface area contributed by atoms with Crippen molar-refractivity contribution in [2.24, 2.45) is 0 Å². The van der Waals surface area contributed by atoms with Crippen molar-refractivity contribution in [3.05, 3.63) is 35.0 Å². The molecule has 1 aliphatic rings. The topological polar surface area (TPSA) is 3.24 Å². The van der Waals surface area contributed by atoms with Gasteiger partial charge >= 0.3 is 0 Å². The first-order valence-electron chi connectivity index (χ1n) is 3.15. The van der Waals surface area contributed by atoms with Gasteiger partial charge in [0.05, 0.1) is 4.61 Å². The van der Waals surface area contributed by atoms with Gasteiger partial charge in [-0.2, -0.15) is 0 Å². The Balaban J connectivity index is 2.78. The van der Waals surface area contributed by atoms with Crippen molar-refractivity contribution in [1.29, 1.82) is 0 Å². The quantitative estimate of drug-likeness (QED) is 0.587. The van der Waals surface area contributed by atoms with Crippen molar-refractivity contribution in [2.75, 3.05) is 13.6 Å². The molecular weight excluding hydrogens is 190 g/mol. The smallest absolute Gasteiger partial charge is 0.0812 e. The minimum absolute atomic E-state index is 0.957. The summed E-state index contributed by atoms with van der Waals surface area (Å²) in [4.78, 5) is 2.12. The third-order valence-corrected chi connectivity index (χ3v) is 2.32. The summed E-state index contributed by atoms with van der Waals surface area (Å²) in [6, 6.07) is 0. The number of allylic oxidation sites excluding steroid dienone is 3. The van der Waals surface area contributed by atoms with E-state index in [9.17, 15) is 0 Å². The number of likely N-dealkylation sites (N-methyl/N-ethyl adjacent to an activating group) is 1. The van der Waals surface area contributed by atoms with Crippen LogP contribution in [0.3, 0.4) is 0 Å². The lowest BCUT2D eigenvalue weighted by Crippen LogP contribution is -2.17. The molecular formula is C8H10BrN. The van der Waals surface area contributed by atoms with Gasteiger partial charge in [-0.05, 0) is 27.6 Å². The Kier molecular flexibility index (Phi) is 2.33. The number of hydrogen-bond donors (Lipinski definition) is 0. The van der Waals surface area contributed by atoms with Crippen molar-refractivity contribution in [3.8, 4) is 0 Å². The lowest BCUT2D eigenvalue weighted by atomic mass is 10.2. The maximum Gasteiger partial charge on any atom is 0.0812 e. The van der Waals surface area contributed by atoms with Crippen molar-refractivity contribution in [3.63, 3.8) is 0 Å². The minimum atomic E-state index is 0.957. The molecule has 2 heteroatoms. The fraction of sp³-hybridized carbons (Fsp3) is 0.250. The molecule has 0 atom stereocenters. The molecule has 0 saturated heterocycles. The summed E-state index contributed by atoms with van der Waals surface area (Å²) < 4.78 is 1.12. The van der Waals surface area contributed by atoms with Gasteiger partial charge in [-0.25, -0.2) is 0 Å². The summed E-state index contributed by atoms with van der Waals surface area (Å²) in [6.45, 7) is 4.65. The summed E-state index contributed by atoms with van der Waals surface area (Å²) in [6.07, 6.45) is 6.04. The molecule has 0 unspecified atom stereocenters. The van der Waals surface area contributed by atoms with Gasteiger partial charge in [0.25, 0.3) is 0 Å². The van der Waals surface area contributed by atoms with E-state index in [0.717, 1.165) is 11.2 Å². The highest BCUT2D eigenvalue weighted by molar-refractivity contribution is 9.11. The molecule has 1 heterocycles. The van der Waals surface area contributed by atoms with Crippen molar-refractivity contribution < 1.29 is 0 Å². The van der Waals surface area contributed by atoms with Crippen molar-refractivity contribution in [2.45, 2.75) is 0 Å². The zero-order chi connectivity index (χ0) is 7.56. The molecule has 0 saturated carbocycles. The Morgan fingerprint density at radius 2 is 2.50 bits per heavy atom. The molecule has 0 bridgehead atoms. The van der Waals surface area contributed by atoms with Crippen LogP contribution in [0.2, 0.25) is 0 Å². The van der Waals surface area contributed by atoms with Crippen LogP contribution in [0.4, 0.5) is 0 Å². The van der Waals surface area contributed by atoms with Gasteiger partial charge in [0.2, 0.25) is 0 Å². The van der Waals surface area contributed by atoms with E-state index in [1.807, 2.05) is 13.1 Å². The maximum atomic E-state index is 3.69. The zero-order valence-electron chi connectivity index (χ0n) is 5.97. The summed E-state index contributed by atoms with van der Waals surface area (Å²) in [5.41, 5.74) is 1.19. The summed E-state index contributed by atoms with van der Waals surface area (Å²) in [7, 11) is 2.04. The Bertz CT molecular complexity index is 203. The Labute approximate surface area is 69.8 Å². The predicted molar refractivity (Wildman–Crippen MR) is 47.9 cm³/mol. The highest BCUT2D eigenvalue weighted by Crippen LogP contribution is 2.18. The third kappa shape index (κ3) is 1.51. The highest BCUT2D eigenvalue weighted by Gasteiger charge is 2.03. The SMILES string of the molecule is C=CC1=CCN(C)C(Br)=C1. The molecule has 0 aliphatic carbocycles. The van der Waals surface area contributed by atoms with Gasteiger partial charge < -0.3 is 4.90 Å². The second kappa shape index (κ2) is 3.06. The fourth-order valence-electron chi connectivity index (χ4n) is 0.778. The molecule has 54 valence electrons. The summed E-state index contributed by atoms with van der Waals surface area (Å²) in [5.74, 6) is 0. The van der Waals surface area contributed by atoms with E-state index in [0.29, 0.717) is 0 Å². The van der Waals surface area contributed by atoms with Crippen LogP contribution in [0.1, 0.15) is 0 Å². The van der Waals surface area contributed by atoms with Crippen LogP contribution in [0.25, 0.3) is 0 Å². The molecule has 0 fully saturated rings. The van der Waals surface area contributed by atoms with Gasteiger partial charge in [0.15, 0.2) is 0 Å². The van der Waals surface area contributed by atoms with E-state index in [2.05, 4.69) is 39.6 Å². The zero-order valence-corrected chi connectivity index (χ0v) is 7.56. The lowest BCUT2D eigenvalue weighted by molar-refractivity contribution is 0.493. The van der Waals surface area contributed by atoms with Crippen LogP contribution in [0.5, 0.6) is 0 Å². The number of rotatable bonds is 1. The standard InChI is InChI=1S/C8H10BrN/c1-3-7-4-5-10(2)8(9)6-7/h3-4,6H,1,5H2,2H3. The summed E-state index contributed by atoms with van der Waals surface area (Å²) in [5, 5.41) is 0. The average Bonchev–Trinajstić information content (AvgIpc) is 1.95. The van der Waals surface area contributed by atoms with E-state index < -0.39 is 0 Å². The van der Waals surface area contributed by atoms with Gasteiger partial charge in [0.1, 0.15) is 0 Å². The molecule has 1 aliphatic heterocycles. The lowest BCUT2D eigenvalue weighted by Gasteiger charge is -2.20. The molecule has 0 radical (unpaired) electrons. The maximum absolute atomic E-state index is 3.69. The van der Waals surface area contributed by atoms with Gasteiger partial charge in [0, 0.05) is 13.6 Å². The van der Waals surface area contributed by atoms with Crippen LogP contribution in [-0.4, -0.2) is 18.5 Å². The minimum Gasteiger partial charge on any atom is -0.365 e. The number of nitrogens with zero attached hydrogens (tertiary/aromatic N) is 1. The summed E-state index contributed by atoms with van der Waals surface area (Å²) >= 11 is 3.43. The molecule has 0 aromatic heterocycles. The number of hydrogen-bond acceptors (Lipinski definition) is 1. The van der Waals surface area contributed by atoms with E-state index in [1.54, 1.807) is 0 Å². The molecule has 0 spiro atoms. The molecule has 0 N–H and O–H groups in total. The fourth-order valence-corrected chi connectivity index (χ4v) is 1.19. The van der Waals surface area contributed by atoms with E-state index in [4.69, 9.17) is 0 Å². The van der Waals surface area contributed by atoms with Crippen molar-refractivity contribution >= 4 is 15.9 Å². The van der Waals surface area contributed by atoms with Crippen LogP contribution in [-0.2, 0) is 0 Å². The largest absolute Gasteiger partial charge is 0.365 e. The van der Waals surface area contributed by atoms with Gasteiger partial charge in [-0.1, -0.05) is 18.7 Å². The van der Waals surface area contributed by atoms with Crippen molar-refractivity contribution in [1.82, 2.24) is 4.90 Å². The van der Waals surface area contributed by atoms with E-state index in [1.165, 1.54) is 5.57 Å². The average molecular weight is 200 g/mol. The second-order valence-corrected chi connectivity index (χ2v) is 3.07. The van der Waals surface area contributed by atoms with Crippen LogP contribution in [0, 0.1) is 0 Å². The second-order valence-electron chi connectivity index (χ2n) is 2.26. The first-order valence-corrected chi connectivity index (χ1v) is 3.94. The van der Waals surface area contributed by atoms with Crippen LogP contribution in [0.15, 0.2) is 35.0 Å². The molecule has 0 aromatic carbocycles. The molecule has 10 heavy (non-hydrogen) atoms. The molecule has 1 rings (SSSR count). The van der Waals surface area contributed by atoms with Gasteiger partial charge in [-0.3, -0.25) is 0 Å². The monoisotopic (exact) mass is 199 g/mol. The molecule has 1 nitrogen and oxygen atoms in total. The molecule has 0 aromatic rings. The first kappa shape index (κ1) is 7.61. The van der Waals surface area contributed by atoms with Gasteiger partial charge in [-0.15, -0.1) is 0 Å². The first-order chi connectivity index (χ1) is 4.74. The Morgan fingerprint density at radius 1 is 1.80 bits per heavy atom. The normalized spacial score (nSPS) is 18.0. The van der Waals surface area contributed by atoms with E-state index in [-0.39, 0.29) is 0 Å². The van der Waals surface area contributed by atoms with Crippen LogP contribution < -0.4 is 0 Å².